The van der Waals surface area contributed by atoms with E-state index in [2.05, 4.69) is 16.0 Å². The SMILES string of the molecule is CC(NC(=O)C(C)NC(=O)C(NC(=O)C(N)Cc1ccccc1)C(C)C)C(=O)O. The van der Waals surface area contributed by atoms with Crippen molar-refractivity contribution in [1.29, 1.82) is 0 Å². The summed E-state index contributed by atoms with van der Waals surface area (Å²) in [6.07, 6.45) is 0.324. The van der Waals surface area contributed by atoms with Gasteiger partial charge < -0.3 is 26.8 Å². The molecule has 1 aromatic carbocycles. The minimum absolute atomic E-state index is 0.254. The van der Waals surface area contributed by atoms with Gasteiger partial charge in [-0.3, -0.25) is 19.2 Å². The van der Waals surface area contributed by atoms with Gasteiger partial charge in [-0.15, -0.1) is 0 Å². The van der Waals surface area contributed by atoms with Crippen LogP contribution < -0.4 is 21.7 Å². The van der Waals surface area contributed by atoms with Crippen LogP contribution in [0.25, 0.3) is 0 Å². The maximum Gasteiger partial charge on any atom is 0.325 e. The number of carbonyl (C=O) groups is 4. The van der Waals surface area contributed by atoms with E-state index in [0.717, 1.165) is 5.56 Å². The van der Waals surface area contributed by atoms with Crippen molar-refractivity contribution in [2.45, 2.75) is 58.3 Å². The van der Waals surface area contributed by atoms with Crippen molar-refractivity contribution >= 4 is 23.7 Å². The molecule has 4 unspecified atom stereocenters. The summed E-state index contributed by atoms with van der Waals surface area (Å²) in [6.45, 7) is 6.26. The van der Waals surface area contributed by atoms with Crippen LogP contribution in [-0.2, 0) is 25.6 Å². The molecule has 0 aliphatic rings. The molecule has 0 aliphatic carbocycles. The van der Waals surface area contributed by atoms with Crippen LogP contribution in [0.5, 0.6) is 0 Å². The summed E-state index contributed by atoms with van der Waals surface area (Å²) in [5, 5.41) is 16.3. The summed E-state index contributed by atoms with van der Waals surface area (Å²) in [7, 11) is 0. The normalized spacial score (nSPS) is 15.0. The second kappa shape index (κ2) is 11.2. The van der Waals surface area contributed by atoms with Gasteiger partial charge in [0.25, 0.3) is 0 Å². The van der Waals surface area contributed by atoms with Gasteiger partial charge in [0.15, 0.2) is 0 Å². The van der Waals surface area contributed by atoms with E-state index in [9.17, 15) is 19.2 Å². The topological polar surface area (TPSA) is 151 Å². The van der Waals surface area contributed by atoms with Crippen LogP contribution in [0.3, 0.4) is 0 Å². The highest BCUT2D eigenvalue weighted by molar-refractivity contribution is 5.94. The fraction of sp³-hybridized carbons (Fsp3) is 0.500. The van der Waals surface area contributed by atoms with Crippen LogP contribution in [-0.4, -0.2) is 53.0 Å². The molecule has 160 valence electrons. The smallest absolute Gasteiger partial charge is 0.325 e. The van der Waals surface area contributed by atoms with E-state index in [1.807, 2.05) is 30.3 Å². The fourth-order valence-electron chi connectivity index (χ4n) is 2.52. The maximum atomic E-state index is 12.6. The van der Waals surface area contributed by atoms with Gasteiger partial charge in [-0.2, -0.15) is 0 Å². The molecular formula is C20H30N4O5. The molecular weight excluding hydrogens is 376 g/mol. The third-order valence-electron chi connectivity index (χ3n) is 4.36. The molecule has 0 spiro atoms. The van der Waals surface area contributed by atoms with E-state index < -0.39 is 47.9 Å². The zero-order valence-corrected chi connectivity index (χ0v) is 17.1. The summed E-state index contributed by atoms with van der Waals surface area (Å²) in [5.41, 5.74) is 6.87. The Morgan fingerprint density at radius 2 is 1.41 bits per heavy atom. The van der Waals surface area contributed by atoms with Crippen molar-refractivity contribution in [2.24, 2.45) is 11.7 Å². The molecule has 4 atom stereocenters. The van der Waals surface area contributed by atoms with Crippen molar-refractivity contribution in [3.05, 3.63) is 35.9 Å². The molecule has 0 radical (unpaired) electrons. The molecule has 0 fully saturated rings. The Labute approximate surface area is 170 Å². The number of aliphatic carboxylic acids is 1. The Morgan fingerprint density at radius 3 is 1.93 bits per heavy atom. The second-order valence-electron chi connectivity index (χ2n) is 7.33. The number of benzene rings is 1. The van der Waals surface area contributed by atoms with Gasteiger partial charge in [-0.05, 0) is 31.7 Å². The molecule has 1 aromatic rings. The standard InChI is InChI=1S/C20H30N4O5/c1-11(2)16(19(27)22-12(3)17(25)23-13(4)20(28)29)24-18(26)15(21)10-14-8-6-5-7-9-14/h5-9,11-13,15-16H,10,21H2,1-4H3,(H,22,27)(H,23,25)(H,24,26)(H,28,29). The van der Waals surface area contributed by atoms with Crippen molar-refractivity contribution in [1.82, 2.24) is 16.0 Å². The molecule has 0 saturated carbocycles. The largest absolute Gasteiger partial charge is 0.480 e. The molecule has 3 amide bonds. The molecule has 0 aliphatic heterocycles. The lowest BCUT2D eigenvalue weighted by Crippen LogP contribution is -2.57. The van der Waals surface area contributed by atoms with E-state index in [1.165, 1.54) is 13.8 Å². The monoisotopic (exact) mass is 406 g/mol. The van der Waals surface area contributed by atoms with Crippen LogP contribution in [0, 0.1) is 5.92 Å². The quantitative estimate of drug-likeness (QED) is 0.363. The first kappa shape index (κ1) is 24.1. The predicted octanol–water partition coefficient (Wildman–Crippen LogP) is -0.209. The number of hydrogen-bond donors (Lipinski definition) is 5. The number of rotatable bonds is 10. The Hall–Kier alpha value is -2.94. The molecule has 9 heteroatoms. The van der Waals surface area contributed by atoms with Crippen molar-refractivity contribution in [2.75, 3.05) is 0 Å². The average molecular weight is 406 g/mol. The van der Waals surface area contributed by atoms with Gasteiger partial charge in [-0.25, -0.2) is 0 Å². The van der Waals surface area contributed by atoms with Crippen molar-refractivity contribution in [3.63, 3.8) is 0 Å². The van der Waals surface area contributed by atoms with Crippen LogP contribution in [0.15, 0.2) is 30.3 Å². The van der Waals surface area contributed by atoms with E-state index in [4.69, 9.17) is 10.8 Å². The highest BCUT2D eigenvalue weighted by atomic mass is 16.4. The fourth-order valence-corrected chi connectivity index (χ4v) is 2.52. The second-order valence-corrected chi connectivity index (χ2v) is 7.33. The molecule has 0 saturated heterocycles. The lowest BCUT2D eigenvalue weighted by Gasteiger charge is -2.25. The van der Waals surface area contributed by atoms with Gasteiger partial charge >= 0.3 is 5.97 Å². The lowest BCUT2D eigenvalue weighted by atomic mass is 10.0. The van der Waals surface area contributed by atoms with Crippen LogP contribution >= 0.6 is 0 Å². The Bertz CT molecular complexity index is 723. The molecule has 0 bridgehead atoms. The van der Waals surface area contributed by atoms with Crippen LogP contribution in [0.2, 0.25) is 0 Å². The van der Waals surface area contributed by atoms with Crippen LogP contribution in [0.4, 0.5) is 0 Å². The Morgan fingerprint density at radius 1 is 0.862 bits per heavy atom. The first-order chi connectivity index (χ1) is 13.5. The number of carbonyl (C=O) groups excluding carboxylic acids is 3. The summed E-state index contributed by atoms with van der Waals surface area (Å²) >= 11 is 0. The summed E-state index contributed by atoms with van der Waals surface area (Å²) in [5.74, 6) is -3.10. The molecule has 29 heavy (non-hydrogen) atoms. The van der Waals surface area contributed by atoms with Crippen molar-refractivity contribution < 1.29 is 24.3 Å². The molecule has 0 aromatic heterocycles. The van der Waals surface area contributed by atoms with Gasteiger partial charge in [0.05, 0.1) is 6.04 Å². The minimum atomic E-state index is -1.18. The van der Waals surface area contributed by atoms with Gasteiger partial charge in [0.2, 0.25) is 17.7 Å². The number of nitrogens with one attached hydrogen (secondary N) is 3. The van der Waals surface area contributed by atoms with Gasteiger partial charge in [-0.1, -0.05) is 44.2 Å². The van der Waals surface area contributed by atoms with E-state index in [0.29, 0.717) is 6.42 Å². The zero-order chi connectivity index (χ0) is 22.1. The molecule has 0 heterocycles. The average Bonchev–Trinajstić information content (AvgIpc) is 2.65. The number of carboxylic acids is 1. The van der Waals surface area contributed by atoms with E-state index in [-0.39, 0.29) is 5.92 Å². The predicted molar refractivity (Wildman–Crippen MR) is 108 cm³/mol. The molecule has 1 rings (SSSR count). The van der Waals surface area contributed by atoms with Crippen molar-refractivity contribution in [3.8, 4) is 0 Å². The van der Waals surface area contributed by atoms with Crippen LogP contribution in [0.1, 0.15) is 33.3 Å². The molecule has 6 N–H and O–H groups in total. The number of amides is 3. The lowest BCUT2D eigenvalue weighted by molar-refractivity contribution is -0.141. The number of carboxylic acid groups (broad SMARTS) is 1. The highest BCUT2D eigenvalue weighted by Crippen LogP contribution is 2.06. The zero-order valence-electron chi connectivity index (χ0n) is 17.1. The number of nitrogens with two attached hydrogens (primary N) is 1. The Kier molecular flexibility index (Phi) is 9.27. The summed E-state index contributed by atoms with van der Waals surface area (Å²) in [4.78, 5) is 47.9. The van der Waals surface area contributed by atoms with Gasteiger partial charge in [0.1, 0.15) is 18.1 Å². The third-order valence-corrected chi connectivity index (χ3v) is 4.36. The third kappa shape index (κ3) is 7.90. The molecule has 9 nitrogen and oxygen atoms in total. The first-order valence-corrected chi connectivity index (χ1v) is 9.46. The summed E-state index contributed by atoms with van der Waals surface area (Å²) in [6, 6.07) is 5.50. The van der Waals surface area contributed by atoms with E-state index in [1.54, 1.807) is 13.8 Å². The van der Waals surface area contributed by atoms with Gasteiger partial charge in [0, 0.05) is 0 Å². The number of hydrogen-bond acceptors (Lipinski definition) is 5. The maximum absolute atomic E-state index is 12.6. The minimum Gasteiger partial charge on any atom is -0.480 e. The van der Waals surface area contributed by atoms with E-state index >= 15 is 0 Å². The highest BCUT2D eigenvalue weighted by Gasteiger charge is 2.29. The first-order valence-electron chi connectivity index (χ1n) is 9.46. The summed E-state index contributed by atoms with van der Waals surface area (Å²) < 4.78 is 0. The Balaban J connectivity index is 2.68.